The lowest BCUT2D eigenvalue weighted by molar-refractivity contribution is 0.624. The summed E-state index contributed by atoms with van der Waals surface area (Å²) in [5, 5.41) is 3.93. The smallest absolute Gasteiger partial charge is 0.239 e. The van der Waals surface area contributed by atoms with Crippen LogP contribution in [-0.2, 0) is 6.54 Å². The van der Waals surface area contributed by atoms with Crippen LogP contribution >= 0.6 is 0 Å². The van der Waals surface area contributed by atoms with Gasteiger partial charge in [-0.05, 0) is 13.3 Å². The van der Waals surface area contributed by atoms with Gasteiger partial charge in [0, 0.05) is 6.54 Å². The number of nitrogens with two attached hydrogens (primary N) is 1. The van der Waals surface area contributed by atoms with E-state index in [1.807, 2.05) is 13.0 Å². The van der Waals surface area contributed by atoms with Crippen molar-refractivity contribution >= 4 is 5.95 Å². The van der Waals surface area contributed by atoms with Crippen LogP contribution in [0.1, 0.15) is 13.3 Å². The molecule has 4 nitrogen and oxygen atoms in total. The van der Waals surface area contributed by atoms with Gasteiger partial charge in [0.05, 0.1) is 0 Å². The molecule has 1 aromatic heterocycles. The molecule has 0 bridgehead atoms. The number of anilines is 1. The second kappa shape index (κ2) is 3.75. The van der Waals surface area contributed by atoms with Gasteiger partial charge in [0.2, 0.25) is 5.95 Å². The van der Waals surface area contributed by atoms with Crippen LogP contribution in [0, 0.1) is 0 Å². The Balaban J connectivity index is 2.38. The number of nitrogens with zero attached hydrogens (tertiary/aromatic N) is 3. The number of hydrogen-bond acceptors (Lipinski definition) is 3. The van der Waals surface area contributed by atoms with Crippen molar-refractivity contribution in [1.29, 1.82) is 0 Å². The second-order valence-electron chi connectivity index (χ2n) is 2.22. The van der Waals surface area contributed by atoms with E-state index in [0.29, 0.717) is 5.95 Å². The summed E-state index contributed by atoms with van der Waals surface area (Å²) in [6, 6.07) is 0. The van der Waals surface area contributed by atoms with Gasteiger partial charge in [0.25, 0.3) is 0 Å². The molecule has 0 radical (unpaired) electrons. The molecule has 0 aliphatic heterocycles. The Hall–Kier alpha value is -1.32. The van der Waals surface area contributed by atoms with Gasteiger partial charge in [-0.25, -0.2) is 4.98 Å². The Morgan fingerprint density at radius 1 is 1.73 bits per heavy atom. The van der Waals surface area contributed by atoms with Crippen molar-refractivity contribution in [2.45, 2.75) is 19.9 Å². The molecule has 11 heavy (non-hydrogen) atoms. The van der Waals surface area contributed by atoms with Crippen LogP contribution in [0.3, 0.4) is 0 Å². The van der Waals surface area contributed by atoms with Gasteiger partial charge in [-0.15, -0.1) is 5.10 Å². The molecule has 0 unspecified atom stereocenters. The number of allylic oxidation sites excluding steroid dienone is 2. The summed E-state index contributed by atoms with van der Waals surface area (Å²) < 4.78 is 1.73. The highest BCUT2D eigenvalue weighted by Gasteiger charge is 1.92. The number of nitrogen functional groups attached to an aromatic ring is 1. The fraction of sp³-hybridized carbons (Fsp3) is 0.429. The molecule has 0 amide bonds. The van der Waals surface area contributed by atoms with E-state index in [2.05, 4.69) is 16.2 Å². The molecule has 0 saturated heterocycles. The molecule has 0 spiro atoms. The van der Waals surface area contributed by atoms with Crippen LogP contribution in [0.2, 0.25) is 0 Å². The van der Waals surface area contributed by atoms with E-state index in [1.165, 1.54) is 0 Å². The first kappa shape index (κ1) is 7.78. The lowest BCUT2D eigenvalue weighted by Crippen LogP contribution is -1.98. The molecule has 0 aromatic carbocycles. The summed E-state index contributed by atoms with van der Waals surface area (Å²) >= 11 is 0. The zero-order chi connectivity index (χ0) is 8.10. The number of aryl methyl sites for hydroxylation is 1. The molecule has 2 N–H and O–H groups in total. The molecule has 1 heterocycles. The fourth-order valence-electron chi connectivity index (χ4n) is 0.790. The monoisotopic (exact) mass is 152 g/mol. The minimum Gasteiger partial charge on any atom is -0.367 e. The van der Waals surface area contributed by atoms with Crippen LogP contribution in [0.4, 0.5) is 5.95 Å². The van der Waals surface area contributed by atoms with Gasteiger partial charge < -0.3 is 5.73 Å². The van der Waals surface area contributed by atoms with Gasteiger partial charge >= 0.3 is 0 Å². The summed E-state index contributed by atoms with van der Waals surface area (Å²) in [5.41, 5.74) is 5.32. The average Bonchev–Trinajstić information content (AvgIpc) is 2.37. The maximum absolute atomic E-state index is 5.32. The molecule has 1 aromatic rings. The Labute approximate surface area is 65.7 Å². The van der Waals surface area contributed by atoms with Crippen molar-refractivity contribution in [3.63, 3.8) is 0 Å². The number of rotatable bonds is 3. The zero-order valence-corrected chi connectivity index (χ0v) is 6.57. The van der Waals surface area contributed by atoms with Crippen molar-refractivity contribution < 1.29 is 0 Å². The quantitative estimate of drug-likeness (QED) is 0.652. The largest absolute Gasteiger partial charge is 0.367 e. The van der Waals surface area contributed by atoms with Gasteiger partial charge in [-0.1, -0.05) is 12.2 Å². The third-order valence-electron chi connectivity index (χ3n) is 1.31. The van der Waals surface area contributed by atoms with E-state index in [9.17, 15) is 0 Å². The van der Waals surface area contributed by atoms with Crippen LogP contribution in [0.15, 0.2) is 18.5 Å². The molecule has 0 aliphatic rings. The van der Waals surface area contributed by atoms with Crippen LogP contribution < -0.4 is 5.73 Å². The summed E-state index contributed by atoms with van der Waals surface area (Å²) in [6.45, 7) is 2.84. The predicted octanol–water partition coefficient (Wildman–Crippen LogP) is 0.826. The van der Waals surface area contributed by atoms with Gasteiger partial charge in [-0.3, -0.25) is 4.68 Å². The fourth-order valence-corrected chi connectivity index (χ4v) is 0.790. The SMILES string of the molecule is C/C=C/CCn1cnc(N)n1. The number of hydrogen-bond donors (Lipinski definition) is 1. The molecule has 0 saturated carbocycles. The van der Waals surface area contributed by atoms with Crippen LogP contribution in [0.5, 0.6) is 0 Å². The summed E-state index contributed by atoms with van der Waals surface area (Å²) in [5.74, 6) is 0.338. The van der Waals surface area contributed by atoms with Crippen molar-refractivity contribution in [3.05, 3.63) is 18.5 Å². The minimum atomic E-state index is 0.338. The summed E-state index contributed by atoms with van der Waals surface area (Å²) in [6.07, 6.45) is 6.70. The maximum Gasteiger partial charge on any atom is 0.239 e. The standard InChI is InChI=1S/C7H12N4/c1-2-3-4-5-11-6-9-7(8)10-11/h2-3,6H,4-5H2,1H3,(H2,8,10)/b3-2+. The molecule has 0 aliphatic carbocycles. The van der Waals surface area contributed by atoms with Crippen molar-refractivity contribution in [2.24, 2.45) is 0 Å². The normalized spacial score (nSPS) is 11.0. The Morgan fingerprint density at radius 2 is 2.55 bits per heavy atom. The van der Waals surface area contributed by atoms with Gasteiger partial charge in [-0.2, -0.15) is 0 Å². The van der Waals surface area contributed by atoms with E-state index in [-0.39, 0.29) is 0 Å². The minimum absolute atomic E-state index is 0.338. The predicted molar refractivity (Wildman–Crippen MR) is 43.9 cm³/mol. The van der Waals surface area contributed by atoms with Gasteiger partial charge in [0.1, 0.15) is 6.33 Å². The third kappa shape index (κ3) is 2.41. The van der Waals surface area contributed by atoms with Crippen LogP contribution in [0.25, 0.3) is 0 Å². The molecule has 0 atom stereocenters. The van der Waals surface area contributed by atoms with E-state index >= 15 is 0 Å². The lowest BCUT2D eigenvalue weighted by Gasteiger charge is -1.93. The first-order valence-electron chi connectivity index (χ1n) is 3.59. The van der Waals surface area contributed by atoms with E-state index in [1.54, 1.807) is 11.0 Å². The van der Waals surface area contributed by atoms with Crippen LogP contribution in [-0.4, -0.2) is 14.8 Å². The highest BCUT2D eigenvalue weighted by molar-refractivity contribution is 5.09. The van der Waals surface area contributed by atoms with Crippen molar-refractivity contribution in [1.82, 2.24) is 14.8 Å². The highest BCUT2D eigenvalue weighted by Crippen LogP contribution is 1.92. The van der Waals surface area contributed by atoms with E-state index < -0.39 is 0 Å². The number of aromatic nitrogens is 3. The van der Waals surface area contributed by atoms with Crippen molar-refractivity contribution in [3.8, 4) is 0 Å². The maximum atomic E-state index is 5.32. The first-order valence-corrected chi connectivity index (χ1v) is 3.59. The lowest BCUT2D eigenvalue weighted by atomic mass is 10.4. The molecular weight excluding hydrogens is 140 g/mol. The summed E-state index contributed by atoms with van der Waals surface area (Å²) in [4.78, 5) is 3.80. The molecule has 0 fully saturated rings. The second-order valence-corrected chi connectivity index (χ2v) is 2.22. The Kier molecular flexibility index (Phi) is 2.66. The Bertz CT molecular complexity index is 238. The zero-order valence-electron chi connectivity index (χ0n) is 6.57. The third-order valence-corrected chi connectivity index (χ3v) is 1.31. The topological polar surface area (TPSA) is 56.7 Å². The summed E-state index contributed by atoms with van der Waals surface area (Å²) in [7, 11) is 0. The molecule has 4 heteroatoms. The van der Waals surface area contributed by atoms with Gasteiger partial charge in [0.15, 0.2) is 0 Å². The molecule has 1 rings (SSSR count). The Morgan fingerprint density at radius 3 is 3.09 bits per heavy atom. The van der Waals surface area contributed by atoms with E-state index in [0.717, 1.165) is 13.0 Å². The van der Waals surface area contributed by atoms with E-state index in [4.69, 9.17) is 5.73 Å². The average molecular weight is 152 g/mol. The first-order chi connectivity index (χ1) is 5.33. The molecule has 60 valence electrons. The molecular formula is C7H12N4. The van der Waals surface area contributed by atoms with Crippen molar-refractivity contribution in [2.75, 3.05) is 5.73 Å². The highest BCUT2D eigenvalue weighted by atomic mass is 15.3.